The first-order chi connectivity index (χ1) is 8.61. The summed E-state index contributed by atoms with van der Waals surface area (Å²) < 4.78 is 5.03. The summed E-state index contributed by atoms with van der Waals surface area (Å²) in [7, 11) is 1.54. The largest absolute Gasteiger partial charge is 0.497 e. The van der Waals surface area contributed by atoms with Crippen LogP contribution in [-0.2, 0) is 4.79 Å². The number of hydrogen-bond donors (Lipinski definition) is 0. The molecule has 0 radical (unpaired) electrons. The lowest BCUT2D eigenvalue weighted by molar-refractivity contribution is -0.121. The molecule has 1 aromatic rings. The van der Waals surface area contributed by atoms with E-state index in [9.17, 15) is 9.59 Å². The van der Waals surface area contributed by atoms with Crippen LogP contribution in [0.25, 0.3) is 0 Å². The maximum Gasteiger partial charge on any atom is 0.255 e. The molecule has 96 valence electrons. The van der Waals surface area contributed by atoms with Gasteiger partial charge in [-0.3, -0.25) is 9.59 Å². The molecule has 1 aliphatic heterocycles. The number of Topliss-reactive ketones (excluding diaryl/α,β-unsaturated/α-hetero) is 1. The number of methoxy groups -OCH3 is 1. The van der Waals surface area contributed by atoms with Crippen molar-refractivity contribution in [2.75, 3.05) is 20.2 Å². The number of ether oxygens (including phenoxy) is 1. The second kappa shape index (κ2) is 5.40. The number of carbonyl (C=O) groups is 2. The van der Waals surface area contributed by atoms with Gasteiger partial charge in [0.25, 0.3) is 5.91 Å². The number of hydrogen-bond acceptors (Lipinski definition) is 3. The van der Waals surface area contributed by atoms with Crippen molar-refractivity contribution in [3.63, 3.8) is 0 Å². The molecule has 5 heteroatoms. The predicted molar refractivity (Wildman–Crippen MR) is 68.1 cm³/mol. The van der Waals surface area contributed by atoms with Crippen molar-refractivity contribution in [3.05, 3.63) is 28.8 Å². The minimum absolute atomic E-state index is 0.0965. The number of halogens is 1. The molecule has 1 saturated heterocycles. The van der Waals surface area contributed by atoms with E-state index >= 15 is 0 Å². The van der Waals surface area contributed by atoms with E-state index in [0.29, 0.717) is 29.3 Å². The van der Waals surface area contributed by atoms with Crippen LogP contribution in [0.5, 0.6) is 5.75 Å². The van der Waals surface area contributed by atoms with Crippen LogP contribution in [0.1, 0.15) is 23.2 Å². The van der Waals surface area contributed by atoms with Crippen molar-refractivity contribution in [1.29, 1.82) is 0 Å². The molecule has 0 unspecified atom stereocenters. The fraction of sp³-hybridized carbons (Fsp3) is 0.385. The third-order valence-electron chi connectivity index (χ3n) is 2.94. The van der Waals surface area contributed by atoms with Crippen LogP contribution in [0.2, 0.25) is 5.02 Å². The summed E-state index contributed by atoms with van der Waals surface area (Å²) in [5.41, 5.74) is 0.409. The summed E-state index contributed by atoms with van der Waals surface area (Å²) in [6.45, 7) is 0.786. The maximum atomic E-state index is 12.2. The van der Waals surface area contributed by atoms with Crippen LogP contribution >= 0.6 is 11.6 Å². The van der Waals surface area contributed by atoms with Gasteiger partial charge in [0.1, 0.15) is 5.75 Å². The summed E-state index contributed by atoms with van der Waals surface area (Å²) in [5.74, 6) is 0.501. The highest BCUT2D eigenvalue weighted by molar-refractivity contribution is 6.34. The number of ketones is 1. The summed E-state index contributed by atoms with van der Waals surface area (Å²) >= 11 is 6.05. The van der Waals surface area contributed by atoms with Gasteiger partial charge in [-0.15, -0.1) is 0 Å². The molecule has 0 atom stereocenters. The molecule has 0 aromatic heterocycles. The van der Waals surface area contributed by atoms with E-state index < -0.39 is 0 Å². The molecule has 1 amide bonds. The molecule has 1 fully saturated rings. The van der Waals surface area contributed by atoms with Crippen LogP contribution in [0, 0.1) is 0 Å². The monoisotopic (exact) mass is 267 g/mol. The number of piperidine rings is 1. The van der Waals surface area contributed by atoms with E-state index in [4.69, 9.17) is 16.3 Å². The quantitative estimate of drug-likeness (QED) is 0.825. The molecule has 18 heavy (non-hydrogen) atoms. The van der Waals surface area contributed by atoms with Gasteiger partial charge >= 0.3 is 0 Å². The van der Waals surface area contributed by atoms with Gasteiger partial charge in [-0.25, -0.2) is 0 Å². The molecular formula is C13H14ClNO3. The number of nitrogens with zero attached hydrogens (tertiary/aromatic N) is 1. The Morgan fingerprint density at radius 2 is 2.22 bits per heavy atom. The number of amides is 1. The van der Waals surface area contributed by atoms with Crippen LogP contribution in [0.3, 0.4) is 0 Å². The topological polar surface area (TPSA) is 46.6 Å². The van der Waals surface area contributed by atoms with Gasteiger partial charge in [0.15, 0.2) is 5.78 Å². The van der Waals surface area contributed by atoms with E-state index in [-0.39, 0.29) is 18.2 Å². The minimum atomic E-state index is -0.198. The Bertz CT molecular complexity index is 487. The fourth-order valence-electron chi connectivity index (χ4n) is 1.98. The molecule has 0 aliphatic carbocycles. The van der Waals surface area contributed by atoms with E-state index in [1.807, 2.05) is 0 Å². The lowest BCUT2D eigenvalue weighted by Crippen LogP contribution is -2.40. The molecule has 1 aromatic carbocycles. The fourth-order valence-corrected chi connectivity index (χ4v) is 2.23. The predicted octanol–water partition coefficient (Wildman–Crippen LogP) is 2.15. The Hall–Kier alpha value is -1.55. The van der Waals surface area contributed by atoms with Crippen molar-refractivity contribution in [2.45, 2.75) is 12.8 Å². The molecule has 1 aliphatic rings. The Kier molecular flexibility index (Phi) is 3.87. The average Bonchev–Trinajstić information content (AvgIpc) is 2.37. The van der Waals surface area contributed by atoms with Gasteiger partial charge in [-0.05, 0) is 24.6 Å². The third kappa shape index (κ3) is 2.64. The number of likely N-dealkylation sites (tertiary alicyclic amines) is 1. The van der Waals surface area contributed by atoms with E-state index in [1.54, 1.807) is 23.1 Å². The molecule has 0 saturated carbocycles. The standard InChI is InChI=1S/C13H14ClNO3/c1-18-10-4-5-11(12(14)7-10)13(17)15-6-2-3-9(16)8-15/h4-5,7H,2-3,6,8H2,1H3. The average molecular weight is 268 g/mol. The highest BCUT2D eigenvalue weighted by atomic mass is 35.5. The second-order valence-corrected chi connectivity index (χ2v) is 4.62. The van der Waals surface area contributed by atoms with Gasteiger partial charge in [0.05, 0.1) is 24.2 Å². The Balaban J connectivity index is 2.20. The normalized spacial score (nSPS) is 15.7. The molecule has 1 heterocycles. The maximum absolute atomic E-state index is 12.2. The van der Waals surface area contributed by atoms with Crippen molar-refractivity contribution in [1.82, 2.24) is 4.90 Å². The van der Waals surface area contributed by atoms with Gasteiger partial charge in [-0.1, -0.05) is 11.6 Å². The SMILES string of the molecule is COc1ccc(C(=O)N2CCCC(=O)C2)c(Cl)c1. The molecule has 0 bridgehead atoms. The Morgan fingerprint density at radius 1 is 1.44 bits per heavy atom. The Morgan fingerprint density at radius 3 is 2.83 bits per heavy atom. The molecular weight excluding hydrogens is 254 g/mol. The van der Waals surface area contributed by atoms with Crippen LogP contribution in [0.15, 0.2) is 18.2 Å². The Labute approximate surface area is 110 Å². The van der Waals surface area contributed by atoms with E-state index in [0.717, 1.165) is 6.42 Å². The molecule has 4 nitrogen and oxygen atoms in total. The van der Waals surface area contributed by atoms with Gasteiger partial charge in [0, 0.05) is 13.0 Å². The van der Waals surface area contributed by atoms with Crippen LogP contribution in [0.4, 0.5) is 0 Å². The second-order valence-electron chi connectivity index (χ2n) is 4.21. The van der Waals surface area contributed by atoms with E-state index in [1.165, 1.54) is 7.11 Å². The van der Waals surface area contributed by atoms with Crippen molar-refractivity contribution in [2.24, 2.45) is 0 Å². The third-order valence-corrected chi connectivity index (χ3v) is 3.26. The highest BCUT2D eigenvalue weighted by Crippen LogP contribution is 2.24. The van der Waals surface area contributed by atoms with E-state index in [2.05, 4.69) is 0 Å². The van der Waals surface area contributed by atoms with Crippen molar-refractivity contribution < 1.29 is 14.3 Å². The smallest absolute Gasteiger partial charge is 0.255 e. The summed E-state index contributed by atoms with van der Waals surface area (Å²) in [6.07, 6.45) is 1.28. The first-order valence-corrected chi connectivity index (χ1v) is 6.14. The van der Waals surface area contributed by atoms with Gasteiger partial charge in [0.2, 0.25) is 0 Å². The summed E-state index contributed by atoms with van der Waals surface area (Å²) in [6, 6.07) is 4.91. The lowest BCUT2D eigenvalue weighted by Gasteiger charge is -2.26. The molecule has 2 rings (SSSR count). The summed E-state index contributed by atoms with van der Waals surface area (Å²) in [4.78, 5) is 25.1. The summed E-state index contributed by atoms with van der Waals surface area (Å²) in [5, 5.41) is 0.345. The van der Waals surface area contributed by atoms with Crippen LogP contribution < -0.4 is 4.74 Å². The van der Waals surface area contributed by atoms with Crippen molar-refractivity contribution >= 4 is 23.3 Å². The number of carbonyl (C=O) groups excluding carboxylic acids is 2. The first kappa shape index (κ1) is 12.9. The highest BCUT2D eigenvalue weighted by Gasteiger charge is 2.24. The molecule has 0 spiro atoms. The molecule has 0 N–H and O–H groups in total. The zero-order valence-corrected chi connectivity index (χ0v) is 10.9. The number of benzene rings is 1. The minimum Gasteiger partial charge on any atom is -0.497 e. The van der Waals surface area contributed by atoms with Gasteiger partial charge < -0.3 is 9.64 Å². The van der Waals surface area contributed by atoms with Crippen LogP contribution in [-0.4, -0.2) is 36.8 Å². The first-order valence-electron chi connectivity index (χ1n) is 5.76. The van der Waals surface area contributed by atoms with Crippen molar-refractivity contribution in [3.8, 4) is 5.75 Å². The lowest BCUT2D eigenvalue weighted by atomic mass is 10.1. The van der Waals surface area contributed by atoms with Gasteiger partial charge in [-0.2, -0.15) is 0 Å². The zero-order chi connectivity index (χ0) is 13.1. The zero-order valence-electron chi connectivity index (χ0n) is 10.1. The number of rotatable bonds is 2.